The second-order valence-electron chi connectivity index (χ2n) is 2.64. The molecule has 0 aromatic rings. The summed E-state index contributed by atoms with van der Waals surface area (Å²) in [5.41, 5.74) is 0. The second-order valence-corrected chi connectivity index (χ2v) is 17.8. The van der Waals surface area contributed by atoms with Crippen molar-refractivity contribution in [2.75, 3.05) is 0 Å². The zero-order valence-electron chi connectivity index (χ0n) is 7.60. The van der Waals surface area contributed by atoms with Gasteiger partial charge in [0.2, 0.25) is 0 Å². The smallest absolute Gasteiger partial charge is 0.0137 e. The molecule has 14 heavy (non-hydrogen) atoms. The Morgan fingerprint density at radius 1 is 1.07 bits per heavy atom. The van der Waals surface area contributed by atoms with Gasteiger partial charge in [-0.1, -0.05) is 28.5 Å². The molecule has 2 aliphatic heterocycles. The maximum Gasteiger partial charge on any atom is 0.0137 e. The number of thiol groups is 2. The molecule has 2 rings (SSSR count). The van der Waals surface area contributed by atoms with Crippen LogP contribution >= 0.6 is 56.6 Å². The van der Waals surface area contributed by atoms with Crippen molar-refractivity contribution in [1.82, 2.24) is 9.44 Å². The molecule has 0 fully saturated rings. The van der Waals surface area contributed by atoms with Crippen LogP contribution in [0.1, 0.15) is 6.92 Å². The second kappa shape index (κ2) is 6.17. The highest BCUT2D eigenvalue weighted by atomic mass is 33.4. The Labute approximate surface area is 101 Å². The molecule has 0 spiro atoms. The summed E-state index contributed by atoms with van der Waals surface area (Å²) in [6, 6.07) is 0. The van der Waals surface area contributed by atoms with E-state index in [1.54, 1.807) is 0 Å². The van der Waals surface area contributed by atoms with Gasteiger partial charge in [0.1, 0.15) is 0 Å². The standard InChI is InChI=1S/C6H14N2P2S4/c1-6(9-13-7-2-4-11-13)10-14-8-3-5-12-14/h2-10,13-14H,1H3. The Bertz CT molecular complexity index is 210. The Kier molecular flexibility index (Phi) is 5.21. The predicted octanol–water partition coefficient (Wildman–Crippen LogP) is 3.80. The molecular formula is C6H14N2P2S4. The van der Waals surface area contributed by atoms with Gasteiger partial charge >= 0.3 is 0 Å². The van der Waals surface area contributed by atoms with Crippen LogP contribution in [0.5, 0.6) is 0 Å². The molecule has 0 aromatic heterocycles. The van der Waals surface area contributed by atoms with Crippen LogP contribution in [0.4, 0.5) is 0 Å². The van der Waals surface area contributed by atoms with Gasteiger partial charge in [-0.05, 0) is 26.4 Å². The van der Waals surface area contributed by atoms with Crippen LogP contribution in [0.25, 0.3) is 0 Å². The fourth-order valence-corrected chi connectivity index (χ4v) is 19.7. The SMILES string of the molecule is CC(P[SH]1NC=CS1)P[SH]1NC=CS1. The van der Waals surface area contributed by atoms with Gasteiger partial charge in [0.15, 0.2) is 0 Å². The minimum atomic E-state index is 0.0385. The van der Waals surface area contributed by atoms with Crippen LogP contribution in [-0.4, -0.2) is 5.40 Å². The normalized spacial score (nSPS) is 38.4. The first-order valence-electron chi connectivity index (χ1n) is 4.13. The van der Waals surface area contributed by atoms with E-state index in [2.05, 4.69) is 39.6 Å². The molecule has 0 radical (unpaired) electrons. The van der Waals surface area contributed by atoms with E-state index < -0.39 is 0 Å². The van der Waals surface area contributed by atoms with Crippen molar-refractivity contribution < 1.29 is 0 Å². The summed E-state index contributed by atoms with van der Waals surface area (Å²) in [7, 11) is 6.22. The molecule has 0 aliphatic carbocycles. The molecule has 2 aliphatic rings. The van der Waals surface area contributed by atoms with Crippen LogP contribution in [0, 0.1) is 0 Å². The first kappa shape index (κ1) is 11.8. The van der Waals surface area contributed by atoms with Crippen LogP contribution < -0.4 is 9.44 Å². The first-order chi connectivity index (χ1) is 6.84. The largest absolute Gasteiger partial charge is 0.344 e. The lowest BCUT2D eigenvalue weighted by Crippen LogP contribution is -1.93. The van der Waals surface area contributed by atoms with Gasteiger partial charge in [-0.15, -0.1) is 19.5 Å². The maximum absolute atomic E-state index is 3.44. The van der Waals surface area contributed by atoms with E-state index in [4.69, 9.17) is 0 Å². The summed E-state index contributed by atoms with van der Waals surface area (Å²) in [4.78, 5) is 0. The van der Waals surface area contributed by atoms with E-state index in [1.807, 2.05) is 21.6 Å². The van der Waals surface area contributed by atoms with E-state index in [0.717, 1.165) is 21.0 Å². The molecule has 0 aromatic carbocycles. The number of nitrogens with one attached hydrogen (secondary N) is 2. The fourth-order valence-electron chi connectivity index (χ4n) is 0.956. The van der Waals surface area contributed by atoms with E-state index in [-0.39, 0.29) is 19.5 Å². The highest BCUT2D eigenvalue weighted by Crippen LogP contribution is 2.68. The van der Waals surface area contributed by atoms with Crippen molar-refractivity contribution in [3.63, 3.8) is 0 Å². The quantitative estimate of drug-likeness (QED) is 0.361. The third-order valence-corrected chi connectivity index (χ3v) is 17.7. The van der Waals surface area contributed by atoms with Crippen molar-refractivity contribution in [3.8, 4) is 0 Å². The monoisotopic (exact) mass is 304 g/mol. The molecule has 2 heterocycles. The lowest BCUT2D eigenvalue weighted by molar-refractivity contribution is 1.41. The summed E-state index contributed by atoms with van der Waals surface area (Å²) in [6.07, 6.45) is 4.18. The topological polar surface area (TPSA) is 24.1 Å². The fraction of sp³-hybridized carbons (Fsp3) is 0.333. The van der Waals surface area contributed by atoms with Gasteiger partial charge in [0.05, 0.1) is 0 Å². The molecule has 8 heteroatoms. The van der Waals surface area contributed by atoms with E-state index in [1.165, 1.54) is 0 Å². The van der Waals surface area contributed by atoms with Gasteiger partial charge in [-0.3, -0.25) is 0 Å². The van der Waals surface area contributed by atoms with Crippen LogP contribution in [0.3, 0.4) is 0 Å². The van der Waals surface area contributed by atoms with Gasteiger partial charge in [0.25, 0.3) is 0 Å². The van der Waals surface area contributed by atoms with Crippen LogP contribution in [-0.2, 0) is 0 Å². The molecular weight excluding hydrogens is 290 g/mol. The lowest BCUT2D eigenvalue weighted by atomic mass is 11.0. The molecule has 0 bridgehead atoms. The highest BCUT2D eigenvalue weighted by Gasteiger charge is 2.14. The molecule has 0 saturated carbocycles. The molecule has 4 unspecified atom stereocenters. The van der Waals surface area contributed by atoms with Crippen molar-refractivity contribution >= 4 is 56.6 Å². The molecule has 4 atom stereocenters. The third kappa shape index (κ3) is 3.73. The van der Waals surface area contributed by atoms with Crippen molar-refractivity contribution in [1.29, 1.82) is 0 Å². The minimum Gasteiger partial charge on any atom is -0.344 e. The average molecular weight is 304 g/mol. The summed E-state index contributed by atoms with van der Waals surface area (Å²) in [6.45, 7) is 2.39. The van der Waals surface area contributed by atoms with E-state index >= 15 is 0 Å². The van der Waals surface area contributed by atoms with E-state index in [9.17, 15) is 0 Å². The molecule has 2 N–H and O–H groups in total. The van der Waals surface area contributed by atoms with Gasteiger partial charge < -0.3 is 9.44 Å². The molecule has 0 saturated heterocycles. The van der Waals surface area contributed by atoms with Gasteiger partial charge in [-0.2, -0.15) is 0 Å². The van der Waals surface area contributed by atoms with Crippen molar-refractivity contribution in [2.45, 2.75) is 12.3 Å². The average Bonchev–Trinajstić information content (AvgIpc) is 2.76. The number of hydrogen-bond donors (Lipinski definition) is 4. The van der Waals surface area contributed by atoms with Crippen molar-refractivity contribution in [2.24, 2.45) is 0 Å². The molecule has 0 amide bonds. The number of hydrogen-bond acceptors (Lipinski definition) is 4. The molecule has 2 nitrogen and oxygen atoms in total. The van der Waals surface area contributed by atoms with Gasteiger partial charge in [-0.25, -0.2) is 0 Å². The van der Waals surface area contributed by atoms with Crippen molar-refractivity contribution in [3.05, 3.63) is 23.2 Å². The van der Waals surface area contributed by atoms with Crippen LogP contribution in [0.2, 0.25) is 0 Å². The first-order valence-corrected chi connectivity index (χ1v) is 13.6. The summed E-state index contributed by atoms with van der Waals surface area (Å²) < 4.78 is 6.88. The van der Waals surface area contributed by atoms with E-state index in [0.29, 0.717) is 0 Å². The third-order valence-electron chi connectivity index (χ3n) is 1.47. The summed E-state index contributed by atoms with van der Waals surface area (Å²) >= 11 is 0. The highest BCUT2D eigenvalue weighted by molar-refractivity contribution is 9.07. The van der Waals surface area contributed by atoms with Gasteiger partial charge in [0, 0.05) is 17.8 Å². The zero-order chi connectivity index (χ0) is 9.80. The predicted molar refractivity (Wildman–Crippen MR) is 83.8 cm³/mol. The van der Waals surface area contributed by atoms with Crippen LogP contribution in [0.15, 0.2) is 23.2 Å². The lowest BCUT2D eigenvalue weighted by Gasteiger charge is -2.23. The Morgan fingerprint density at radius 2 is 1.57 bits per heavy atom. The summed E-state index contributed by atoms with van der Waals surface area (Å²) in [5, 5.41) is 5.25. The zero-order valence-corrected chi connectivity index (χ0v) is 13.0. The Morgan fingerprint density at radius 3 is 1.93 bits per heavy atom. The summed E-state index contributed by atoms with van der Waals surface area (Å²) in [5.74, 6) is 0. The molecule has 82 valence electrons. The minimum absolute atomic E-state index is 0.0385. The number of rotatable bonds is 4. The Hall–Kier alpha value is 1.34. The Balaban J connectivity index is 1.65. The maximum atomic E-state index is 3.44.